The third-order valence-corrected chi connectivity index (χ3v) is 4.56. The molecule has 1 unspecified atom stereocenters. The van der Waals surface area contributed by atoms with Crippen LogP contribution in [0, 0.1) is 6.92 Å². The molecule has 30 heavy (non-hydrogen) atoms. The van der Waals surface area contributed by atoms with Crippen molar-refractivity contribution in [2.45, 2.75) is 20.0 Å². The lowest BCUT2D eigenvalue weighted by atomic mass is 10.2. The highest BCUT2D eigenvalue weighted by Crippen LogP contribution is 2.21. The van der Waals surface area contributed by atoms with Gasteiger partial charge in [0.2, 0.25) is 0 Å². The number of anilines is 1. The minimum atomic E-state index is -0.975. The van der Waals surface area contributed by atoms with Crippen LogP contribution in [0.15, 0.2) is 66.7 Å². The van der Waals surface area contributed by atoms with Crippen molar-refractivity contribution in [2.75, 3.05) is 5.32 Å². The molecule has 7 heteroatoms. The van der Waals surface area contributed by atoms with Crippen molar-refractivity contribution in [1.29, 1.82) is 0 Å². The topological polar surface area (TPSA) is 97.0 Å². The summed E-state index contributed by atoms with van der Waals surface area (Å²) in [6.07, 6.45) is -0.975. The van der Waals surface area contributed by atoms with Gasteiger partial charge in [-0.1, -0.05) is 36.4 Å². The Kier molecular flexibility index (Phi) is 5.26. The summed E-state index contributed by atoms with van der Waals surface area (Å²) >= 11 is 0. The molecule has 1 amide bonds. The molecule has 0 saturated carbocycles. The minimum Gasteiger partial charge on any atom is -0.449 e. The zero-order chi connectivity index (χ0) is 21.1. The summed E-state index contributed by atoms with van der Waals surface area (Å²) < 4.78 is 5.33. The molecule has 150 valence electrons. The molecular formula is C23H20N4O3. The number of pyridine rings is 1. The number of amides is 1. The van der Waals surface area contributed by atoms with Gasteiger partial charge >= 0.3 is 5.97 Å². The Morgan fingerprint density at radius 3 is 2.57 bits per heavy atom. The van der Waals surface area contributed by atoms with E-state index in [0.717, 1.165) is 22.6 Å². The number of imidazole rings is 1. The van der Waals surface area contributed by atoms with E-state index in [4.69, 9.17) is 4.74 Å². The lowest BCUT2D eigenvalue weighted by Crippen LogP contribution is -2.30. The maximum absolute atomic E-state index is 12.5. The van der Waals surface area contributed by atoms with E-state index in [9.17, 15) is 9.59 Å². The van der Waals surface area contributed by atoms with Crippen LogP contribution >= 0.6 is 0 Å². The fourth-order valence-electron chi connectivity index (χ4n) is 2.99. The molecule has 4 rings (SSSR count). The van der Waals surface area contributed by atoms with E-state index < -0.39 is 18.0 Å². The number of carbonyl (C=O) groups excluding carboxylic acids is 2. The lowest BCUT2D eigenvalue weighted by Gasteiger charge is -2.13. The van der Waals surface area contributed by atoms with Crippen LogP contribution in [0.2, 0.25) is 0 Å². The van der Waals surface area contributed by atoms with Gasteiger partial charge in [0.05, 0.1) is 16.6 Å². The van der Waals surface area contributed by atoms with Gasteiger partial charge < -0.3 is 15.0 Å². The molecular weight excluding hydrogens is 380 g/mol. The third-order valence-electron chi connectivity index (χ3n) is 4.56. The van der Waals surface area contributed by atoms with Gasteiger partial charge in [0.15, 0.2) is 6.10 Å². The van der Waals surface area contributed by atoms with Gasteiger partial charge in [-0.2, -0.15) is 0 Å². The minimum absolute atomic E-state index is 0.332. The van der Waals surface area contributed by atoms with Crippen LogP contribution in [-0.4, -0.2) is 32.9 Å². The second-order valence-electron chi connectivity index (χ2n) is 6.88. The fraction of sp³-hybridized carbons (Fsp3) is 0.130. The average Bonchev–Trinajstić information content (AvgIpc) is 3.17. The number of esters is 1. The summed E-state index contributed by atoms with van der Waals surface area (Å²) in [4.78, 5) is 36.8. The highest BCUT2D eigenvalue weighted by atomic mass is 16.5. The van der Waals surface area contributed by atoms with Crippen molar-refractivity contribution in [3.63, 3.8) is 0 Å². The van der Waals surface area contributed by atoms with Crippen molar-refractivity contribution < 1.29 is 14.3 Å². The monoisotopic (exact) mass is 400 g/mol. The Hall–Kier alpha value is -4.00. The summed E-state index contributed by atoms with van der Waals surface area (Å²) in [5, 5.41) is 2.65. The number of nitrogens with one attached hydrogen (secondary N) is 2. The highest BCUT2D eigenvalue weighted by molar-refractivity contribution is 5.98. The van der Waals surface area contributed by atoms with Crippen molar-refractivity contribution >= 4 is 28.7 Å². The first-order valence-electron chi connectivity index (χ1n) is 9.50. The van der Waals surface area contributed by atoms with E-state index in [1.807, 2.05) is 43.3 Å². The van der Waals surface area contributed by atoms with Crippen molar-refractivity contribution in [1.82, 2.24) is 15.0 Å². The predicted octanol–water partition coefficient (Wildman–Crippen LogP) is 4.12. The number of nitrogens with zero attached hydrogens (tertiary/aromatic N) is 2. The molecule has 4 aromatic rings. The van der Waals surface area contributed by atoms with Gasteiger partial charge in [0, 0.05) is 11.3 Å². The van der Waals surface area contributed by atoms with E-state index in [0.29, 0.717) is 16.9 Å². The number of benzene rings is 2. The van der Waals surface area contributed by atoms with Gasteiger partial charge in [0.25, 0.3) is 5.91 Å². The summed E-state index contributed by atoms with van der Waals surface area (Å²) in [7, 11) is 0. The zero-order valence-electron chi connectivity index (χ0n) is 16.5. The number of rotatable bonds is 5. The molecule has 0 bridgehead atoms. The molecule has 1 atom stereocenters. The van der Waals surface area contributed by atoms with Crippen LogP contribution in [0.5, 0.6) is 0 Å². The average molecular weight is 400 g/mol. The summed E-state index contributed by atoms with van der Waals surface area (Å²) in [5.74, 6) is 0.0905. The third kappa shape index (κ3) is 4.20. The number of H-pyrrole nitrogens is 1. The zero-order valence-corrected chi connectivity index (χ0v) is 16.5. The van der Waals surface area contributed by atoms with E-state index in [-0.39, 0.29) is 0 Å². The second kappa shape index (κ2) is 8.16. The van der Waals surface area contributed by atoms with Crippen LogP contribution in [-0.2, 0) is 9.53 Å². The van der Waals surface area contributed by atoms with Crippen molar-refractivity contribution in [3.8, 4) is 11.4 Å². The van der Waals surface area contributed by atoms with E-state index >= 15 is 0 Å². The van der Waals surface area contributed by atoms with E-state index in [1.54, 1.807) is 30.3 Å². The Bertz CT molecular complexity index is 1220. The summed E-state index contributed by atoms with van der Waals surface area (Å²) in [5.41, 5.74) is 3.51. The maximum Gasteiger partial charge on any atom is 0.338 e. The van der Waals surface area contributed by atoms with Crippen LogP contribution in [0.4, 0.5) is 5.82 Å². The summed E-state index contributed by atoms with van der Waals surface area (Å²) in [6, 6.07) is 20.1. The SMILES string of the molecule is Cc1cccc(NC(=O)C(C)OC(=O)c2ccc3nc(-c4ccccc4)[nH]c3c2)n1. The van der Waals surface area contributed by atoms with Crippen LogP contribution in [0.1, 0.15) is 23.0 Å². The standard InChI is InChI=1S/C23H20N4O3/c1-14-7-6-10-20(24-14)27-22(28)15(2)30-23(29)17-11-12-18-19(13-17)26-21(25-18)16-8-4-3-5-9-16/h3-13,15H,1-2H3,(H,25,26)(H,24,27,28). The van der Waals surface area contributed by atoms with Gasteiger partial charge in [0.1, 0.15) is 11.6 Å². The Labute approximate surface area is 173 Å². The van der Waals surface area contributed by atoms with E-state index in [2.05, 4.69) is 20.3 Å². The van der Waals surface area contributed by atoms with Gasteiger partial charge in [-0.05, 0) is 44.2 Å². The summed E-state index contributed by atoms with van der Waals surface area (Å²) in [6.45, 7) is 3.35. The van der Waals surface area contributed by atoms with Gasteiger partial charge in [-0.15, -0.1) is 0 Å². The molecule has 0 aliphatic rings. The normalized spacial score (nSPS) is 11.8. The maximum atomic E-state index is 12.5. The largest absolute Gasteiger partial charge is 0.449 e. The predicted molar refractivity (Wildman–Crippen MR) is 114 cm³/mol. The van der Waals surface area contributed by atoms with Crippen molar-refractivity contribution in [3.05, 3.63) is 78.0 Å². The highest BCUT2D eigenvalue weighted by Gasteiger charge is 2.20. The number of fused-ring (bicyclic) bond motifs is 1. The first kappa shape index (κ1) is 19.3. The first-order chi connectivity index (χ1) is 14.5. The molecule has 0 aliphatic heterocycles. The van der Waals surface area contributed by atoms with Gasteiger partial charge in [-0.3, -0.25) is 4.79 Å². The number of carbonyl (C=O) groups is 2. The van der Waals surface area contributed by atoms with E-state index in [1.165, 1.54) is 6.92 Å². The molecule has 2 aromatic carbocycles. The first-order valence-corrected chi connectivity index (χ1v) is 9.50. The molecule has 2 heterocycles. The molecule has 0 spiro atoms. The van der Waals surface area contributed by atoms with Gasteiger partial charge in [-0.25, -0.2) is 14.8 Å². The number of hydrogen-bond donors (Lipinski definition) is 2. The van der Waals surface area contributed by atoms with Crippen LogP contribution < -0.4 is 5.32 Å². The molecule has 2 N–H and O–H groups in total. The Balaban J connectivity index is 1.46. The quantitative estimate of drug-likeness (QED) is 0.491. The number of hydrogen-bond acceptors (Lipinski definition) is 5. The van der Waals surface area contributed by atoms with Crippen LogP contribution in [0.3, 0.4) is 0 Å². The molecule has 7 nitrogen and oxygen atoms in total. The number of aromatic amines is 1. The molecule has 0 radical (unpaired) electrons. The molecule has 0 fully saturated rings. The molecule has 0 aliphatic carbocycles. The Morgan fingerprint density at radius 2 is 1.80 bits per heavy atom. The molecule has 2 aromatic heterocycles. The fourth-order valence-corrected chi connectivity index (χ4v) is 2.99. The number of ether oxygens (including phenoxy) is 1. The Morgan fingerprint density at radius 1 is 1.00 bits per heavy atom. The van der Waals surface area contributed by atoms with Crippen LogP contribution in [0.25, 0.3) is 22.4 Å². The number of aromatic nitrogens is 3. The smallest absolute Gasteiger partial charge is 0.338 e. The lowest BCUT2D eigenvalue weighted by molar-refractivity contribution is -0.123. The van der Waals surface area contributed by atoms with Crippen molar-refractivity contribution in [2.24, 2.45) is 0 Å². The number of aryl methyl sites for hydroxylation is 1. The molecule has 0 saturated heterocycles. The second-order valence-corrected chi connectivity index (χ2v) is 6.88.